The molecule has 172 valence electrons. The van der Waals surface area contributed by atoms with Crippen LogP contribution in [0.25, 0.3) is 5.69 Å². The van der Waals surface area contributed by atoms with Crippen molar-refractivity contribution in [2.75, 3.05) is 19.5 Å². The van der Waals surface area contributed by atoms with Gasteiger partial charge in [0.25, 0.3) is 0 Å². The summed E-state index contributed by atoms with van der Waals surface area (Å²) in [5.41, 5.74) is 7.08. The predicted molar refractivity (Wildman–Crippen MR) is 133 cm³/mol. The van der Waals surface area contributed by atoms with Crippen LogP contribution in [0.5, 0.6) is 11.5 Å². The lowest BCUT2D eigenvalue weighted by Gasteiger charge is -2.13. The van der Waals surface area contributed by atoms with Gasteiger partial charge < -0.3 is 14.8 Å². The summed E-state index contributed by atoms with van der Waals surface area (Å²) in [4.78, 5) is 0. The van der Waals surface area contributed by atoms with Crippen LogP contribution in [-0.2, 0) is 0 Å². The maximum Gasteiger partial charge on any atom is 0.241 e. The molecule has 4 rings (SSSR count). The van der Waals surface area contributed by atoms with Crippen molar-refractivity contribution in [2.45, 2.75) is 20.8 Å². The molecule has 0 aliphatic rings. The van der Waals surface area contributed by atoms with E-state index in [4.69, 9.17) is 9.47 Å². The van der Waals surface area contributed by atoms with E-state index >= 15 is 0 Å². The molecule has 1 heterocycles. The van der Waals surface area contributed by atoms with Crippen molar-refractivity contribution in [3.8, 4) is 17.2 Å². The molecule has 0 fully saturated rings. The van der Waals surface area contributed by atoms with Crippen LogP contribution in [0, 0.1) is 20.8 Å². The Morgan fingerprint density at radius 1 is 0.765 bits per heavy atom. The molecule has 0 radical (unpaired) electrons. The minimum atomic E-state index is 0.647. The summed E-state index contributed by atoms with van der Waals surface area (Å²) in [6.07, 6.45) is 1.75. The Morgan fingerprint density at radius 3 is 2.09 bits per heavy atom. The summed E-state index contributed by atoms with van der Waals surface area (Å²) in [5, 5.41) is 17.2. The van der Waals surface area contributed by atoms with Gasteiger partial charge in [-0.15, -0.1) is 5.11 Å². The Hall–Kier alpha value is -4.26. The van der Waals surface area contributed by atoms with Gasteiger partial charge in [-0.05, 0) is 42.8 Å². The van der Waals surface area contributed by atoms with E-state index in [1.165, 1.54) is 11.1 Å². The van der Waals surface area contributed by atoms with Crippen LogP contribution in [0.15, 0.2) is 83.2 Å². The average Bonchev–Trinajstić information content (AvgIpc) is 2.86. The molecule has 34 heavy (non-hydrogen) atoms. The molecule has 4 aromatic rings. The number of aryl methyl sites for hydroxylation is 2. The number of azo groups is 1. The monoisotopic (exact) mass is 454 g/mol. The van der Waals surface area contributed by atoms with Crippen LogP contribution in [-0.4, -0.2) is 19.3 Å². The van der Waals surface area contributed by atoms with Crippen LogP contribution in [0.4, 0.5) is 22.7 Å². The molecule has 0 aliphatic heterocycles. The van der Waals surface area contributed by atoms with E-state index in [-0.39, 0.29) is 0 Å². The third-order valence-corrected chi connectivity index (χ3v) is 5.47. The quantitative estimate of drug-likeness (QED) is 0.257. The maximum atomic E-state index is 5.55. The fourth-order valence-corrected chi connectivity index (χ4v) is 3.49. The Kier molecular flexibility index (Phi) is 6.82. The number of anilines is 2. The smallest absolute Gasteiger partial charge is 0.241 e. The first kappa shape index (κ1) is 22.9. The number of methoxy groups -OCH3 is 2. The predicted octanol–water partition coefficient (Wildman–Crippen LogP) is 6.46. The molecule has 0 spiro atoms. The summed E-state index contributed by atoms with van der Waals surface area (Å²) in [6, 6.07) is 21.7. The summed E-state index contributed by atoms with van der Waals surface area (Å²) in [5.74, 6) is 1.36. The highest BCUT2D eigenvalue weighted by molar-refractivity contribution is 5.75. The fourth-order valence-electron chi connectivity index (χ4n) is 3.49. The Labute approximate surface area is 199 Å². The van der Waals surface area contributed by atoms with Gasteiger partial charge in [-0.2, -0.15) is 5.11 Å². The van der Waals surface area contributed by atoms with Crippen molar-refractivity contribution in [2.24, 2.45) is 10.2 Å². The SMILES string of the molecule is COc1ccc(Nc2cn[n+](-c3ccc(C)cc3)c(C)c2N=Nc2ccc(C)cc2)c(OC)c1. The number of hydrogen-bond donors (Lipinski definition) is 1. The highest BCUT2D eigenvalue weighted by atomic mass is 16.5. The van der Waals surface area contributed by atoms with Gasteiger partial charge in [0.05, 0.1) is 31.3 Å². The van der Waals surface area contributed by atoms with Gasteiger partial charge in [-0.3, -0.25) is 0 Å². The zero-order valence-electron chi connectivity index (χ0n) is 20.0. The van der Waals surface area contributed by atoms with E-state index in [2.05, 4.69) is 39.7 Å². The molecule has 7 heteroatoms. The molecule has 1 N–H and O–H groups in total. The third-order valence-electron chi connectivity index (χ3n) is 5.47. The summed E-state index contributed by atoms with van der Waals surface area (Å²) >= 11 is 0. The molecule has 1 aromatic heterocycles. The normalized spacial score (nSPS) is 11.0. The standard InChI is InChI=1S/C27H27N5O2/c1-18-6-10-21(11-7-18)30-31-27-20(3)32(22-12-8-19(2)9-13-22)28-17-25(27)29-24-15-14-23(33-4)16-26(24)34-5/h6-17H,1-5H3/p+1. The minimum Gasteiger partial charge on any atom is -0.497 e. The lowest BCUT2D eigenvalue weighted by atomic mass is 10.2. The van der Waals surface area contributed by atoms with Gasteiger partial charge in [0.2, 0.25) is 11.4 Å². The molecule has 0 unspecified atom stereocenters. The number of benzene rings is 3. The zero-order chi connectivity index (χ0) is 24.1. The maximum absolute atomic E-state index is 5.55. The van der Waals surface area contributed by atoms with Crippen molar-refractivity contribution >= 4 is 22.7 Å². The highest BCUT2D eigenvalue weighted by Gasteiger charge is 2.22. The number of nitrogens with one attached hydrogen (secondary N) is 1. The zero-order valence-corrected chi connectivity index (χ0v) is 20.0. The van der Waals surface area contributed by atoms with Gasteiger partial charge in [-0.1, -0.05) is 35.4 Å². The van der Waals surface area contributed by atoms with Crippen molar-refractivity contribution in [1.82, 2.24) is 5.10 Å². The summed E-state index contributed by atoms with van der Waals surface area (Å²) < 4.78 is 12.7. The number of rotatable bonds is 7. The molecular formula is C27H28N5O2+. The summed E-state index contributed by atoms with van der Waals surface area (Å²) in [7, 11) is 3.25. The van der Waals surface area contributed by atoms with Gasteiger partial charge >= 0.3 is 0 Å². The van der Waals surface area contributed by atoms with Crippen LogP contribution in [0.2, 0.25) is 0 Å². The molecule has 3 aromatic carbocycles. The van der Waals surface area contributed by atoms with E-state index in [1.807, 2.05) is 73.1 Å². The van der Waals surface area contributed by atoms with Crippen LogP contribution in [0.1, 0.15) is 16.8 Å². The first-order valence-electron chi connectivity index (χ1n) is 10.9. The van der Waals surface area contributed by atoms with Gasteiger partial charge in [-0.25, -0.2) is 0 Å². The van der Waals surface area contributed by atoms with Gasteiger partial charge in [0.15, 0.2) is 5.69 Å². The van der Waals surface area contributed by atoms with Crippen molar-refractivity contribution < 1.29 is 14.2 Å². The van der Waals surface area contributed by atoms with Crippen molar-refractivity contribution in [3.63, 3.8) is 0 Å². The van der Waals surface area contributed by atoms with Crippen LogP contribution in [0.3, 0.4) is 0 Å². The molecule has 0 saturated heterocycles. The Morgan fingerprint density at radius 2 is 1.44 bits per heavy atom. The fraction of sp³-hybridized carbons (Fsp3) is 0.185. The first-order chi connectivity index (χ1) is 16.5. The van der Waals surface area contributed by atoms with E-state index in [0.717, 1.165) is 22.8 Å². The average molecular weight is 455 g/mol. The number of aromatic nitrogens is 2. The molecule has 0 amide bonds. The van der Waals surface area contributed by atoms with Gasteiger partial charge in [0, 0.05) is 30.2 Å². The molecule has 0 bridgehead atoms. The van der Waals surface area contributed by atoms with Crippen LogP contribution >= 0.6 is 0 Å². The van der Waals surface area contributed by atoms with Gasteiger partial charge in [0.1, 0.15) is 17.7 Å². The highest BCUT2D eigenvalue weighted by Crippen LogP contribution is 2.36. The molecular weight excluding hydrogens is 426 g/mol. The molecule has 0 atom stereocenters. The second-order valence-corrected chi connectivity index (χ2v) is 7.97. The first-order valence-corrected chi connectivity index (χ1v) is 10.9. The van der Waals surface area contributed by atoms with E-state index in [0.29, 0.717) is 22.9 Å². The van der Waals surface area contributed by atoms with Crippen molar-refractivity contribution in [3.05, 3.63) is 89.7 Å². The number of hydrogen-bond acceptors (Lipinski definition) is 6. The summed E-state index contributed by atoms with van der Waals surface area (Å²) in [6.45, 7) is 6.08. The van der Waals surface area contributed by atoms with Crippen molar-refractivity contribution in [1.29, 1.82) is 0 Å². The third kappa shape index (κ3) is 5.04. The number of nitrogens with zero attached hydrogens (tertiary/aromatic N) is 4. The lowest BCUT2D eigenvalue weighted by Crippen LogP contribution is -2.38. The second-order valence-electron chi connectivity index (χ2n) is 7.97. The molecule has 0 saturated carbocycles. The number of ether oxygens (including phenoxy) is 2. The Bertz CT molecular complexity index is 1320. The van der Waals surface area contributed by atoms with E-state index in [9.17, 15) is 0 Å². The minimum absolute atomic E-state index is 0.647. The Balaban J connectivity index is 1.79. The van der Waals surface area contributed by atoms with E-state index in [1.54, 1.807) is 20.4 Å². The largest absolute Gasteiger partial charge is 0.497 e. The van der Waals surface area contributed by atoms with Crippen LogP contribution < -0.4 is 19.5 Å². The van der Waals surface area contributed by atoms with E-state index < -0.39 is 0 Å². The molecule has 0 aliphatic carbocycles. The topological polar surface area (TPSA) is 72.0 Å². The second kappa shape index (κ2) is 10.1. The lowest BCUT2D eigenvalue weighted by molar-refractivity contribution is -0.665. The molecule has 7 nitrogen and oxygen atoms in total.